The molecule has 1 aliphatic heterocycles. The summed E-state index contributed by atoms with van der Waals surface area (Å²) in [7, 11) is 0. The molecule has 2 amide bonds. The van der Waals surface area contributed by atoms with Gasteiger partial charge in [-0.2, -0.15) is 0 Å². The van der Waals surface area contributed by atoms with Gasteiger partial charge in [0.15, 0.2) is 0 Å². The summed E-state index contributed by atoms with van der Waals surface area (Å²) in [5, 5.41) is 5.91. The first-order valence-corrected chi connectivity index (χ1v) is 9.82. The van der Waals surface area contributed by atoms with Crippen LogP contribution in [0, 0.1) is 18.8 Å². The number of hydrogen-bond acceptors (Lipinski definition) is 2. The Morgan fingerprint density at radius 2 is 1.84 bits per heavy atom. The van der Waals surface area contributed by atoms with Gasteiger partial charge in [0, 0.05) is 26.2 Å². The summed E-state index contributed by atoms with van der Waals surface area (Å²) in [6.07, 6.45) is 4.44. The highest BCUT2D eigenvalue weighted by Crippen LogP contribution is 2.20. The molecule has 25 heavy (non-hydrogen) atoms. The van der Waals surface area contributed by atoms with Crippen LogP contribution in [0.1, 0.15) is 44.2 Å². The number of likely N-dealkylation sites (tertiary alicyclic amines) is 1. The summed E-state index contributed by atoms with van der Waals surface area (Å²) in [6, 6.07) is 8.38. The smallest absolute Gasteiger partial charge is 0.314 e. The highest BCUT2D eigenvalue weighted by atomic mass is 16.2. The quantitative estimate of drug-likeness (QED) is 0.707. The van der Waals surface area contributed by atoms with E-state index in [-0.39, 0.29) is 6.03 Å². The molecule has 0 unspecified atom stereocenters. The summed E-state index contributed by atoms with van der Waals surface area (Å²) < 4.78 is 0. The molecule has 1 saturated heterocycles. The van der Waals surface area contributed by atoms with Crippen LogP contribution in [-0.2, 0) is 6.42 Å². The van der Waals surface area contributed by atoms with E-state index in [4.69, 9.17) is 0 Å². The van der Waals surface area contributed by atoms with Crippen molar-refractivity contribution < 1.29 is 4.79 Å². The van der Waals surface area contributed by atoms with E-state index in [0.717, 1.165) is 44.2 Å². The van der Waals surface area contributed by atoms with Crippen LogP contribution in [-0.4, -0.2) is 43.7 Å². The van der Waals surface area contributed by atoms with Gasteiger partial charge in [-0.15, -0.1) is 0 Å². The number of aryl methyl sites for hydroxylation is 1. The first kappa shape index (κ1) is 19.8. The van der Waals surface area contributed by atoms with Crippen molar-refractivity contribution in [1.82, 2.24) is 15.5 Å². The number of rotatable bonds is 8. The first-order valence-electron chi connectivity index (χ1n) is 9.82. The fourth-order valence-corrected chi connectivity index (χ4v) is 3.89. The molecular weight excluding hydrogens is 310 g/mol. The highest BCUT2D eigenvalue weighted by molar-refractivity contribution is 5.73. The summed E-state index contributed by atoms with van der Waals surface area (Å²) in [4.78, 5) is 14.4. The lowest BCUT2D eigenvalue weighted by Gasteiger charge is -2.34. The number of piperidine rings is 1. The first-order chi connectivity index (χ1) is 12.0. The minimum Gasteiger partial charge on any atom is -0.338 e. The maximum atomic E-state index is 11.8. The van der Waals surface area contributed by atoms with E-state index in [1.54, 1.807) is 0 Å². The Hall–Kier alpha value is -1.55. The molecule has 0 spiro atoms. The molecule has 0 radical (unpaired) electrons. The van der Waals surface area contributed by atoms with Gasteiger partial charge in [0.1, 0.15) is 0 Å². The van der Waals surface area contributed by atoms with E-state index in [2.05, 4.69) is 60.6 Å². The summed E-state index contributed by atoms with van der Waals surface area (Å²) in [6.45, 7) is 11.9. The lowest BCUT2D eigenvalue weighted by molar-refractivity contribution is 0.139. The summed E-state index contributed by atoms with van der Waals surface area (Å²) in [5.74, 6) is 1.64. The average Bonchev–Trinajstić information content (AvgIpc) is 2.54. The maximum absolute atomic E-state index is 11.8. The van der Waals surface area contributed by atoms with Gasteiger partial charge < -0.3 is 15.5 Å². The van der Waals surface area contributed by atoms with E-state index in [0.29, 0.717) is 6.54 Å². The van der Waals surface area contributed by atoms with E-state index in [1.807, 2.05) is 0 Å². The molecule has 1 heterocycles. The van der Waals surface area contributed by atoms with Gasteiger partial charge in [-0.1, -0.05) is 43.7 Å². The third kappa shape index (κ3) is 7.91. The number of benzene rings is 1. The second kappa shape index (κ2) is 10.4. The van der Waals surface area contributed by atoms with Crippen LogP contribution < -0.4 is 10.6 Å². The Labute approximate surface area is 153 Å². The third-order valence-electron chi connectivity index (χ3n) is 4.91. The predicted octanol–water partition coefficient (Wildman–Crippen LogP) is 3.59. The van der Waals surface area contributed by atoms with E-state index < -0.39 is 0 Å². The molecule has 0 aromatic heterocycles. The standard InChI is InChI=1S/C21H35N3O/c1-17-7-6-8-20(14-17)9-11-23-21(25)22-10-4-5-12-24-15-18(2)13-19(3)16-24/h6-8,14,18-19H,4-5,9-13,15-16H2,1-3H3,(H2,22,23,25)/t18-,19-/m0/s1. The van der Waals surface area contributed by atoms with Crippen molar-refractivity contribution in [2.24, 2.45) is 11.8 Å². The van der Waals surface area contributed by atoms with Crippen molar-refractivity contribution in [1.29, 1.82) is 0 Å². The van der Waals surface area contributed by atoms with Gasteiger partial charge in [-0.3, -0.25) is 0 Å². The highest BCUT2D eigenvalue weighted by Gasteiger charge is 2.20. The lowest BCUT2D eigenvalue weighted by atomic mass is 9.92. The van der Waals surface area contributed by atoms with Crippen molar-refractivity contribution in [3.05, 3.63) is 35.4 Å². The average molecular weight is 346 g/mol. The molecule has 1 aromatic rings. The molecule has 140 valence electrons. The molecule has 1 fully saturated rings. The fourth-order valence-electron chi connectivity index (χ4n) is 3.89. The van der Waals surface area contributed by atoms with Crippen LogP contribution in [0.4, 0.5) is 4.79 Å². The second-order valence-electron chi connectivity index (χ2n) is 7.83. The molecular formula is C21H35N3O. The Kier molecular flexibility index (Phi) is 8.26. The lowest BCUT2D eigenvalue weighted by Crippen LogP contribution is -2.40. The molecule has 4 heteroatoms. The zero-order valence-corrected chi connectivity index (χ0v) is 16.2. The number of urea groups is 1. The summed E-state index contributed by atoms with van der Waals surface area (Å²) in [5.41, 5.74) is 2.53. The number of amides is 2. The van der Waals surface area contributed by atoms with Crippen LogP contribution in [0.25, 0.3) is 0 Å². The Balaban J connectivity index is 1.49. The molecule has 0 bridgehead atoms. The van der Waals surface area contributed by atoms with E-state index >= 15 is 0 Å². The number of nitrogens with one attached hydrogen (secondary N) is 2. The topological polar surface area (TPSA) is 44.4 Å². The van der Waals surface area contributed by atoms with Gasteiger partial charge in [0.05, 0.1) is 0 Å². The Morgan fingerprint density at radius 1 is 1.12 bits per heavy atom. The Morgan fingerprint density at radius 3 is 2.56 bits per heavy atom. The van der Waals surface area contributed by atoms with Crippen molar-refractivity contribution in [2.45, 2.75) is 46.5 Å². The van der Waals surface area contributed by atoms with Crippen LogP contribution in [0.15, 0.2) is 24.3 Å². The maximum Gasteiger partial charge on any atom is 0.314 e. The molecule has 0 saturated carbocycles. The molecule has 1 aliphatic rings. The molecule has 2 atom stereocenters. The number of nitrogens with zero attached hydrogens (tertiary/aromatic N) is 1. The van der Waals surface area contributed by atoms with E-state index in [9.17, 15) is 4.79 Å². The minimum absolute atomic E-state index is 0.0483. The van der Waals surface area contributed by atoms with Gasteiger partial charge in [-0.25, -0.2) is 4.79 Å². The molecule has 4 nitrogen and oxygen atoms in total. The minimum atomic E-state index is -0.0483. The van der Waals surface area contributed by atoms with E-state index in [1.165, 1.54) is 30.6 Å². The number of hydrogen-bond donors (Lipinski definition) is 2. The fraction of sp³-hybridized carbons (Fsp3) is 0.667. The molecule has 2 N–H and O–H groups in total. The molecule has 2 rings (SSSR count). The number of carbonyl (C=O) groups is 1. The SMILES string of the molecule is Cc1cccc(CCNC(=O)NCCCCN2C[C@@H](C)C[C@H](C)C2)c1. The Bertz CT molecular complexity index is 522. The predicted molar refractivity (Wildman–Crippen MR) is 105 cm³/mol. The zero-order valence-electron chi connectivity index (χ0n) is 16.2. The monoisotopic (exact) mass is 345 g/mol. The van der Waals surface area contributed by atoms with Crippen molar-refractivity contribution in [2.75, 3.05) is 32.7 Å². The second-order valence-corrected chi connectivity index (χ2v) is 7.83. The normalized spacial score (nSPS) is 21.1. The molecule has 1 aromatic carbocycles. The molecule has 0 aliphatic carbocycles. The number of unbranched alkanes of at least 4 members (excludes halogenated alkanes) is 1. The third-order valence-corrected chi connectivity index (χ3v) is 4.91. The van der Waals surface area contributed by atoms with Crippen LogP contribution in [0.2, 0.25) is 0 Å². The summed E-state index contributed by atoms with van der Waals surface area (Å²) >= 11 is 0. The number of carbonyl (C=O) groups excluding carboxylic acids is 1. The van der Waals surface area contributed by atoms with Gasteiger partial charge in [0.2, 0.25) is 0 Å². The van der Waals surface area contributed by atoms with Crippen LogP contribution in [0.5, 0.6) is 0 Å². The van der Waals surface area contributed by atoms with Gasteiger partial charge in [0.25, 0.3) is 0 Å². The van der Waals surface area contributed by atoms with Gasteiger partial charge >= 0.3 is 6.03 Å². The van der Waals surface area contributed by atoms with Gasteiger partial charge in [-0.05, 0) is 56.6 Å². The van der Waals surface area contributed by atoms with Crippen LogP contribution in [0.3, 0.4) is 0 Å². The zero-order chi connectivity index (χ0) is 18.1. The van der Waals surface area contributed by atoms with Crippen molar-refractivity contribution >= 4 is 6.03 Å². The van der Waals surface area contributed by atoms with Crippen molar-refractivity contribution in [3.63, 3.8) is 0 Å². The van der Waals surface area contributed by atoms with Crippen LogP contribution >= 0.6 is 0 Å². The van der Waals surface area contributed by atoms with Crippen molar-refractivity contribution in [3.8, 4) is 0 Å². The largest absolute Gasteiger partial charge is 0.338 e.